The first kappa shape index (κ1) is 23.3. The summed E-state index contributed by atoms with van der Waals surface area (Å²) in [5.74, 6) is 1.08. The summed E-state index contributed by atoms with van der Waals surface area (Å²) in [7, 11) is 0. The summed E-state index contributed by atoms with van der Waals surface area (Å²) < 4.78 is 7.92. The lowest BCUT2D eigenvalue weighted by molar-refractivity contribution is -0.383. The number of carbonyl (C=O) groups is 1. The van der Waals surface area contributed by atoms with E-state index in [0.29, 0.717) is 17.5 Å². The van der Waals surface area contributed by atoms with Crippen molar-refractivity contribution in [3.8, 4) is 5.75 Å². The predicted molar refractivity (Wildman–Crippen MR) is 123 cm³/mol. The number of nitro groups is 1. The van der Waals surface area contributed by atoms with E-state index >= 15 is 0 Å². The van der Waals surface area contributed by atoms with Crippen LogP contribution in [0.25, 0.3) is 0 Å². The highest BCUT2D eigenvalue weighted by Gasteiger charge is 2.20. The van der Waals surface area contributed by atoms with Crippen LogP contribution >= 0.6 is 11.8 Å². The third-order valence-electron chi connectivity index (χ3n) is 4.78. The Bertz CT molecular complexity index is 1080. The first-order valence-corrected chi connectivity index (χ1v) is 11.3. The molecule has 0 aliphatic rings. The molecule has 0 fully saturated rings. The van der Waals surface area contributed by atoms with Gasteiger partial charge < -0.3 is 14.6 Å². The molecule has 168 valence electrons. The molecule has 1 N–H and O–H groups in total. The average Bonchev–Trinajstić information content (AvgIpc) is 3.21. The zero-order valence-electron chi connectivity index (χ0n) is 18.1. The Labute approximate surface area is 190 Å². The van der Waals surface area contributed by atoms with Crippen LogP contribution in [-0.2, 0) is 17.8 Å². The van der Waals surface area contributed by atoms with E-state index in [1.807, 2.05) is 42.7 Å². The Morgan fingerprint density at radius 2 is 1.91 bits per heavy atom. The molecule has 3 rings (SSSR count). The Kier molecular flexibility index (Phi) is 7.82. The molecule has 1 aromatic heterocycles. The average molecular weight is 456 g/mol. The topological polar surface area (TPSA) is 112 Å². The minimum Gasteiger partial charge on any atom is -0.483 e. The van der Waals surface area contributed by atoms with Gasteiger partial charge in [-0.2, -0.15) is 0 Å². The zero-order chi connectivity index (χ0) is 23.1. The van der Waals surface area contributed by atoms with Crippen molar-refractivity contribution in [1.82, 2.24) is 14.8 Å². The van der Waals surface area contributed by atoms with E-state index in [4.69, 9.17) is 4.74 Å². The molecule has 3 aromatic rings. The molecule has 0 saturated carbocycles. The molecule has 0 saturated heterocycles. The molecule has 0 spiro atoms. The van der Waals surface area contributed by atoms with Crippen LogP contribution in [-0.4, -0.2) is 31.3 Å². The summed E-state index contributed by atoms with van der Waals surface area (Å²) in [6.07, 6.45) is 0.635. The van der Waals surface area contributed by atoms with Crippen molar-refractivity contribution >= 4 is 29.0 Å². The smallest absolute Gasteiger partial charge is 0.292 e. The maximum Gasteiger partial charge on any atom is 0.292 e. The molecule has 1 atom stereocenters. The number of para-hydroxylation sites is 2. The summed E-state index contributed by atoms with van der Waals surface area (Å²) in [5, 5.41) is 22.8. The summed E-state index contributed by atoms with van der Waals surface area (Å²) in [5.41, 5.74) is 1.25. The van der Waals surface area contributed by atoms with E-state index in [1.165, 1.54) is 29.5 Å². The van der Waals surface area contributed by atoms with Gasteiger partial charge in [-0.3, -0.25) is 14.9 Å². The number of hydrogen-bond donors (Lipinski definition) is 1. The predicted octanol–water partition coefficient (Wildman–Crippen LogP) is 4.64. The monoisotopic (exact) mass is 455 g/mol. The zero-order valence-corrected chi connectivity index (χ0v) is 19.0. The van der Waals surface area contributed by atoms with Gasteiger partial charge in [0.15, 0.2) is 17.1 Å². The molecule has 1 heterocycles. The fraction of sp³-hybridized carbons (Fsp3) is 0.318. The van der Waals surface area contributed by atoms with Crippen molar-refractivity contribution in [3.05, 3.63) is 70.0 Å². The molecule has 2 aromatic carbocycles. The van der Waals surface area contributed by atoms with Crippen LogP contribution in [0.3, 0.4) is 0 Å². The number of ether oxygens (including phenoxy) is 1. The molecule has 0 unspecified atom stereocenters. The number of amides is 1. The van der Waals surface area contributed by atoms with Gasteiger partial charge >= 0.3 is 0 Å². The van der Waals surface area contributed by atoms with Gasteiger partial charge in [0, 0.05) is 12.6 Å². The van der Waals surface area contributed by atoms with Crippen molar-refractivity contribution in [3.63, 3.8) is 0 Å². The van der Waals surface area contributed by atoms with Crippen molar-refractivity contribution in [1.29, 1.82) is 0 Å². The minimum atomic E-state index is -0.528. The van der Waals surface area contributed by atoms with E-state index < -0.39 is 4.92 Å². The highest BCUT2D eigenvalue weighted by atomic mass is 32.2. The maximum absolute atomic E-state index is 12.4. The van der Waals surface area contributed by atoms with Crippen molar-refractivity contribution in [2.24, 2.45) is 0 Å². The number of nitrogens with zero attached hydrogens (tertiary/aromatic N) is 4. The highest BCUT2D eigenvalue weighted by Crippen LogP contribution is 2.26. The number of anilines is 1. The highest BCUT2D eigenvalue weighted by molar-refractivity contribution is 7.99. The molecule has 0 aliphatic heterocycles. The van der Waals surface area contributed by atoms with Gasteiger partial charge in [0.25, 0.3) is 5.69 Å². The standard InChI is InChI=1S/C22H25N5O4S/c1-4-16-10-12-17(13-11-16)31-15(3)21-24-25-22(26(21)5-2)32-14-20(28)23-18-8-6-7-9-19(18)27(29)30/h6-13,15H,4-5,14H2,1-3H3,(H,23,28)/t15-/m0/s1. The Hall–Kier alpha value is -3.40. The maximum atomic E-state index is 12.4. The van der Waals surface area contributed by atoms with E-state index in [0.717, 1.165) is 12.2 Å². The lowest BCUT2D eigenvalue weighted by Gasteiger charge is -2.16. The molecule has 10 heteroatoms. The number of benzene rings is 2. The quantitative estimate of drug-likeness (QED) is 0.269. The second kappa shape index (κ2) is 10.8. The van der Waals surface area contributed by atoms with Gasteiger partial charge in [0.2, 0.25) is 5.91 Å². The van der Waals surface area contributed by atoms with E-state index in [-0.39, 0.29) is 29.1 Å². The fourth-order valence-electron chi connectivity index (χ4n) is 3.12. The summed E-state index contributed by atoms with van der Waals surface area (Å²) in [4.78, 5) is 22.9. The van der Waals surface area contributed by atoms with Crippen molar-refractivity contribution in [2.45, 2.75) is 45.0 Å². The van der Waals surface area contributed by atoms with Crippen molar-refractivity contribution < 1.29 is 14.5 Å². The van der Waals surface area contributed by atoms with E-state index in [1.54, 1.807) is 12.1 Å². The number of nitro benzene ring substituents is 1. The fourth-order valence-corrected chi connectivity index (χ4v) is 3.93. The Morgan fingerprint density at radius 3 is 2.56 bits per heavy atom. The molecule has 0 aliphatic carbocycles. The molecular weight excluding hydrogens is 430 g/mol. The molecule has 0 bridgehead atoms. The van der Waals surface area contributed by atoms with Gasteiger partial charge in [0.05, 0.1) is 10.7 Å². The van der Waals surface area contributed by atoms with Crippen LogP contribution in [0.15, 0.2) is 53.7 Å². The van der Waals surface area contributed by atoms with Crippen LogP contribution in [0, 0.1) is 10.1 Å². The van der Waals surface area contributed by atoms with Gasteiger partial charge in [-0.25, -0.2) is 0 Å². The van der Waals surface area contributed by atoms with Gasteiger partial charge in [-0.1, -0.05) is 43.0 Å². The molecule has 0 radical (unpaired) electrons. The second-order valence-electron chi connectivity index (χ2n) is 6.95. The number of aromatic nitrogens is 3. The van der Waals surface area contributed by atoms with E-state index in [9.17, 15) is 14.9 Å². The van der Waals surface area contributed by atoms with Crippen LogP contribution in [0.4, 0.5) is 11.4 Å². The molecule has 1 amide bonds. The number of carbonyl (C=O) groups excluding carboxylic acids is 1. The van der Waals surface area contributed by atoms with Crippen molar-refractivity contribution in [2.75, 3.05) is 11.1 Å². The second-order valence-corrected chi connectivity index (χ2v) is 7.90. The van der Waals surface area contributed by atoms with Gasteiger partial charge in [0.1, 0.15) is 11.4 Å². The first-order valence-electron chi connectivity index (χ1n) is 10.3. The summed E-state index contributed by atoms with van der Waals surface area (Å²) in [6.45, 7) is 6.58. The summed E-state index contributed by atoms with van der Waals surface area (Å²) in [6, 6.07) is 14.0. The molecule has 32 heavy (non-hydrogen) atoms. The number of rotatable bonds is 10. The summed E-state index contributed by atoms with van der Waals surface area (Å²) >= 11 is 1.21. The Balaban J connectivity index is 1.64. The normalized spacial score (nSPS) is 11.7. The van der Waals surface area contributed by atoms with Crippen LogP contribution < -0.4 is 10.1 Å². The molecular formula is C22H25N5O4S. The van der Waals surface area contributed by atoms with Gasteiger partial charge in [-0.05, 0) is 44.0 Å². The third-order valence-corrected chi connectivity index (χ3v) is 5.74. The Morgan fingerprint density at radius 1 is 1.19 bits per heavy atom. The lowest BCUT2D eigenvalue weighted by Crippen LogP contribution is -2.16. The lowest BCUT2D eigenvalue weighted by atomic mass is 10.2. The number of aryl methyl sites for hydroxylation is 1. The van der Waals surface area contributed by atoms with Crippen LogP contribution in [0.2, 0.25) is 0 Å². The number of nitrogens with one attached hydrogen (secondary N) is 1. The number of thioether (sulfide) groups is 1. The van der Waals surface area contributed by atoms with Crippen LogP contribution in [0.1, 0.15) is 38.3 Å². The minimum absolute atomic E-state index is 0.0396. The van der Waals surface area contributed by atoms with E-state index in [2.05, 4.69) is 22.4 Å². The third kappa shape index (κ3) is 5.64. The van der Waals surface area contributed by atoms with Gasteiger partial charge in [-0.15, -0.1) is 10.2 Å². The largest absolute Gasteiger partial charge is 0.483 e. The first-order chi connectivity index (χ1) is 15.4. The SMILES string of the molecule is CCc1ccc(O[C@@H](C)c2nnc(SCC(=O)Nc3ccccc3[N+](=O)[O-])n2CC)cc1. The number of hydrogen-bond acceptors (Lipinski definition) is 7. The van der Waals surface area contributed by atoms with Crippen LogP contribution in [0.5, 0.6) is 5.75 Å². The molecule has 9 nitrogen and oxygen atoms in total.